The maximum atomic E-state index is 13.1. The van der Waals surface area contributed by atoms with Gasteiger partial charge in [-0.25, -0.2) is 12.8 Å². The maximum absolute atomic E-state index is 13.1. The van der Waals surface area contributed by atoms with E-state index in [1.54, 1.807) is 6.07 Å². The smallest absolute Gasteiger partial charge is 0.262 e. The van der Waals surface area contributed by atoms with E-state index in [1.807, 2.05) is 0 Å². The van der Waals surface area contributed by atoms with Crippen LogP contribution in [-0.2, 0) is 10.0 Å². The van der Waals surface area contributed by atoms with Crippen LogP contribution in [0, 0.1) is 5.82 Å². The van der Waals surface area contributed by atoms with E-state index in [0.29, 0.717) is 5.02 Å². The molecule has 10 heteroatoms. The van der Waals surface area contributed by atoms with Crippen molar-refractivity contribution in [3.8, 4) is 5.75 Å². The third-order valence-electron chi connectivity index (χ3n) is 4.00. The Morgan fingerprint density at radius 2 is 1.70 bits per heavy atom. The topological polar surface area (TPSA) is 84.5 Å². The molecule has 0 aromatic heterocycles. The van der Waals surface area contributed by atoms with Crippen LogP contribution in [0.4, 0.5) is 15.8 Å². The van der Waals surface area contributed by atoms with Gasteiger partial charge in [-0.3, -0.25) is 9.52 Å². The summed E-state index contributed by atoms with van der Waals surface area (Å²) in [6.45, 7) is 0. The Morgan fingerprint density at radius 1 is 1.00 bits per heavy atom. The molecule has 3 aromatic carbocycles. The number of methoxy groups -OCH3 is 1. The number of carbonyl (C=O) groups is 1. The van der Waals surface area contributed by atoms with E-state index in [1.165, 1.54) is 37.4 Å². The summed E-state index contributed by atoms with van der Waals surface area (Å²) in [4.78, 5) is 12.4. The molecule has 30 heavy (non-hydrogen) atoms. The van der Waals surface area contributed by atoms with Gasteiger partial charge in [0.15, 0.2) is 0 Å². The molecule has 2 N–H and O–H groups in total. The molecule has 0 unspecified atom stereocenters. The third-order valence-corrected chi connectivity index (χ3v) is 5.94. The summed E-state index contributed by atoms with van der Waals surface area (Å²) in [5.41, 5.74) is 0.527. The summed E-state index contributed by atoms with van der Waals surface area (Å²) < 4.78 is 45.9. The van der Waals surface area contributed by atoms with Crippen LogP contribution in [0.2, 0.25) is 10.0 Å². The molecule has 0 aliphatic carbocycles. The van der Waals surface area contributed by atoms with Gasteiger partial charge in [-0.2, -0.15) is 0 Å². The number of amides is 1. The molecular weight excluding hydrogens is 454 g/mol. The van der Waals surface area contributed by atoms with Gasteiger partial charge in [-0.1, -0.05) is 23.2 Å². The first-order chi connectivity index (χ1) is 14.2. The van der Waals surface area contributed by atoms with E-state index in [0.717, 1.165) is 24.3 Å². The molecule has 0 spiro atoms. The fourth-order valence-electron chi connectivity index (χ4n) is 2.55. The second-order valence-corrected chi connectivity index (χ2v) is 8.58. The fraction of sp³-hybridized carbons (Fsp3) is 0.0500. The van der Waals surface area contributed by atoms with Crippen LogP contribution in [0.25, 0.3) is 0 Å². The van der Waals surface area contributed by atoms with E-state index >= 15 is 0 Å². The number of sulfonamides is 1. The summed E-state index contributed by atoms with van der Waals surface area (Å²) in [6, 6.07) is 13.2. The van der Waals surface area contributed by atoms with Gasteiger partial charge in [0, 0.05) is 10.7 Å². The van der Waals surface area contributed by atoms with Gasteiger partial charge in [-0.15, -0.1) is 0 Å². The predicted octanol–water partition coefficient (Wildman–Crippen LogP) is 5.19. The first-order valence-electron chi connectivity index (χ1n) is 8.42. The number of hydrogen-bond acceptors (Lipinski definition) is 4. The molecule has 0 saturated heterocycles. The average Bonchev–Trinajstić information content (AvgIpc) is 2.70. The third kappa shape index (κ3) is 5.02. The second-order valence-electron chi connectivity index (χ2n) is 6.05. The minimum absolute atomic E-state index is 0.0804. The molecule has 156 valence electrons. The molecule has 3 rings (SSSR count). The van der Waals surface area contributed by atoms with Crippen molar-refractivity contribution < 1.29 is 22.3 Å². The minimum Gasteiger partial charge on any atom is -0.495 e. The number of ether oxygens (including phenoxy) is 1. The Hall–Kier alpha value is -2.81. The van der Waals surface area contributed by atoms with Gasteiger partial charge in [0.2, 0.25) is 0 Å². The largest absolute Gasteiger partial charge is 0.495 e. The monoisotopic (exact) mass is 468 g/mol. The molecule has 0 radical (unpaired) electrons. The molecule has 0 aliphatic heterocycles. The van der Waals surface area contributed by atoms with Crippen molar-refractivity contribution in [1.82, 2.24) is 0 Å². The fourth-order valence-corrected chi connectivity index (χ4v) is 3.99. The van der Waals surface area contributed by atoms with Crippen LogP contribution in [0.5, 0.6) is 5.75 Å². The van der Waals surface area contributed by atoms with Gasteiger partial charge in [0.1, 0.15) is 11.6 Å². The van der Waals surface area contributed by atoms with Crippen molar-refractivity contribution in [3.63, 3.8) is 0 Å². The molecule has 0 atom stereocenters. The summed E-state index contributed by atoms with van der Waals surface area (Å²) in [5.74, 6) is -0.865. The molecular formula is C20H15Cl2FN2O4S. The Labute approximate surface area is 182 Å². The number of benzene rings is 3. The summed E-state index contributed by atoms with van der Waals surface area (Å²) >= 11 is 12.0. The van der Waals surface area contributed by atoms with Gasteiger partial charge in [-0.05, 0) is 60.7 Å². The zero-order valence-corrected chi connectivity index (χ0v) is 17.8. The van der Waals surface area contributed by atoms with E-state index in [4.69, 9.17) is 27.9 Å². The maximum Gasteiger partial charge on any atom is 0.262 e. The van der Waals surface area contributed by atoms with Crippen molar-refractivity contribution in [2.24, 2.45) is 0 Å². The molecule has 0 fully saturated rings. The minimum atomic E-state index is -4.02. The first-order valence-corrected chi connectivity index (χ1v) is 10.7. The number of anilines is 2. The normalized spacial score (nSPS) is 11.1. The Bertz CT molecular complexity index is 1200. The molecule has 0 bridgehead atoms. The van der Waals surface area contributed by atoms with E-state index in [2.05, 4.69) is 10.0 Å². The first kappa shape index (κ1) is 21.9. The molecule has 1 amide bonds. The molecule has 0 heterocycles. The summed E-state index contributed by atoms with van der Waals surface area (Å²) in [6.07, 6.45) is 0. The Kier molecular flexibility index (Phi) is 6.50. The highest BCUT2D eigenvalue weighted by Gasteiger charge is 2.18. The van der Waals surface area contributed by atoms with Crippen LogP contribution in [0.15, 0.2) is 65.6 Å². The number of hydrogen-bond donors (Lipinski definition) is 2. The lowest BCUT2D eigenvalue weighted by atomic mass is 10.2. The van der Waals surface area contributed by atoms with Crippen molar-refractivity contribution in [1.29, 1.82) is 0 Å². The van der Waals surface area contributed by atoms with Crippen molar-refractivity contribution >= 4 is 50.5 Å². The SMILES string of the molecule is COc1ccc(NC(=O)c2cc(Cl)ccc2Cl)cc1NS(=O)(=O)c1ccc(F)cc1. The molecule has 0 aliphatic rings. The van der Waals surface area contributed by atoms with Crippen molar-refractivity contribution in [2.45, 2.75) is 4.90 Å². The molecule has 6 nitrogen and oxygen atoms in total. The predicted molar refractivity (Wildman–Crippen MR) is 115 cm³/mol. The number of halogens is 3. The van der Waals surface area contributed by atoms with E-state index in [9.17, 15) is 17.6 Å². The van der Waals surface area contributed by atoms with E-state index in [-0.39, 0.29) is 32.6 Å². The lowest BCUT2D eigenvalue weighted by Gasteiger charge is -2.14. The summed E-state index contributed by atoms with van der Waals surface area (Å²) in [7, 11) is -2.65. The second kappa shape index (κ2) is 8.91. The standard InChI is InChI=1S/C20H15Cl2FN2O4S/c1-29-19-9-5-14(24-20(26)16-10-12(21)2-8-17(16)22)11-18(19)25-30(27,28)15-6-3-13(23)4-7-15/h2-11,25H,1H3,(H,24,26). The lowest BCUT2D eigenvalue weighted by molar-refractivity contribution is 0.102. The van der Waals surface area contributed by atoms with Gasteiger partial charge in [0.05, 0.1) is 28.3 Å². The van der Waals surface area contributed by atoms with Crippen LogP contribution >= 0.6 is 23.2 Å². The van der Waals surface area contributed by atoms with Gasteiger partial charge >= 0.3 is 0 Å². The average molecular weight is 469 g/mol. The van der Waals surface area contributed by atoms with Gasteiger partial charge < -0.3 is 10.1 Å². The van der Waals surface area contributed by atoms with Crippen LogP contribution < -0.4 is 14.8 Å². The van der Waals surface area contributed by atoms with Crippen LogP contribution in [0.1, 0.15) is 10.4 Å². The highest BCUT2D eigenvalue weighted by Crippen LogP contribution is 2.31. The van der Waals surface area contributed by atoms with E-state index < -0.39 is 21.7 Å². The highest BCUT2D eigenvalue weighted by molar-refractivity contribution is 7.92. The molecule has 0 saturated carbocycles. The van der Waals surface area contributed by atoms with Crippen LogP contribution in [0.3, 0.4) is 0 Å². The zero-order chi connectivity index (χ0) is 21.9. The van der Waals surface area contributed by atoms with Crippen molar-refractivity contribution in [3.05, 3.63) is 82.1 Å². The quantitative estimate of drug-likeness (QED) is 0.520. The lowest BCUT2D eigenvalue weighted by Crippen LogP contribution is -2.15. The van der Waals surface area contributed by atoms with Crippen molar-refractivity contribution in [2.75, 3.05) is 17.1 Å². The summed E-state index contributed by atoms with van der Waals surface area (Å²) in [5, 5.41) is 3.18. The molecule has 3 aromatic rings. The number of rotatable bonds is 6. The van der Waals surface area contributed by atoms with Gasteiger partial charge in [0.25, 0.3) is 15.9 Å². The zero-order valence-electron chi connectivity index (χ0n) is 15.4. The highest BCUT2D eigenvalue weighted by atomic mass is 35.5. The number of nitrogens with one attached hydrogen (secondary N) is 2. The number of carbonyl (C=O) groups excluding carboxylic acids is 1. The Morgan fingerprint density at radius 3 is 2.37 bits per heavy atom. The Balaban J connectivity index is 1.89. The van der Waals surface area contributed by atoms with Crippen LogP contribution in [-0.4, -0.2) is 21.4 Å².